The second-order valence-electron chi connectivity index (χ2n) is 13.9. The molecule has 2 saturated carbocycles. The summed E-state index contributed by atoms with van der Waals surface area (Å²) in [7, 11) is 2.04. The van der Waals surface area contributed by atoms with Gasteiger partial charge in [-0.2, -0.15) is 13.2 Å². The maximum atomic E-state index is 15.4. The third-order valence-electron chi connectivity index (χ3n) is 10.5. The van der Waals surface area contributed by atoms with Crippen molar-refractivity contribution in [1.29, 1.82) is 0 Å². The van der Waals surface area contributed by atoms with Gasteiger partial charge in [0, 0.05) is 25.0 Å². The molecule has 4 fully saturated rings. The summed E-state index contributed by atoms with van der Waals surface area (Å²) >= 11 is 0. The van der Waals surface area contributed by atoms with Crippen LogP contribution in [-0.2, 0) is 12.7 Å². The molecule has 2 aliphatic carbocycles. The largest absolute Gasteiger partial charge is 0.418 e. The molecule has 2 aromatic heterocycles. The lowest BCUT2D eigenvalue weighted by Gasteiger charge is -2.46. The molecule has 4 unspecified atom stereocenters. The number of nitrogens with zero attached hydrogens (tertiary/aromatic N) is 4. The van der Waals surface area contributed by atoms with Crippen LogP contribution < -0.4 is 16.5 Å². The van der Waals surface area contributed by atoms with Gasteiger partial charge >= 0.3 is 11.9 Å². The number of alkyl halides is 4. The second kappa shape index (κ2) is 11.0. The van der Waals surface area contributed by atoms with E-state index in [1.807, 2.05) is 7.05 Å². The van der Waals surface area contributed by atoms with Gasteiger partial charge in [0.2, 0.25) is 0 Å². The molecular formula is C30H44F4N6O. The number of imidazole rings is 1. The molecule has 228 valence electrons. The van der Waals surface area contributed by atoms with E-state index in [1.165, 1.54) is 23.3 Å². The maximum absolute atomic E-state index is 15.4. The van der Waals surface area contributed by atoms with E-state index >= 15 is 4.39 Å². The van der Waals surface area contributed by atoms with Crippen molar-refractivity contribution in [3.05, 3.63) is 40.1 Å². The van der Waals surface area contributed by atoms with Crippen molar-refractivity contribution in [3.8, 4) is 0 Å². The molecule has 0 radical (unpaired) electrons. The number of hydrazine groups is 1. The minimum atomic E-state index is -4.61. The van der Waals surface area contributed by atoms with E-state index in [-0.39, 0.29) is 35.4 Å². The fourth-order valence-electron chi connectivity index (χ4n) is 7.81. The SMILES string of the molecule is CN1CNNC1[C@H](C1CCC1)C1CC(F)CC(n2cc3c(C(F)(F)F)cc(CN4CCC(C)(C)CC4)cn3c2=O)C1. The Morgan fingerprint density at radius 2 is 1.80 bits per heavy atom. The van der Waals surface area contributed by atoms with Gasteiger partial charge in [0.25, 0.3) is 0 Å². The van der Waals surface area contributed by atoms with Gasteiger partial charge < -0.3 is 0 Å². The van der Waals surface area contributed by atoms with Crippen molar-refractivity contribution in [2.24, 2.45) is 23.2 Å². The molecule has 0 amide bonds. The van der Waals surface area contributed by atoms with Crippen LogP contribution in [0.1, 0.15) is 82.4 Å². The van der Waals surface area contributed by atoms with E-state index < -0.39 is 29.6 Å². The first-order valence-corrected chi connectivity index (χ1v) is 15.3. The fraction of sp³-hybridized carbons (Fsp3) is 0.767. The number of nitrogens with one attached hydrogen (secondary N) is 2. The number of piperidine rings is 1. The van der Waals surface area contributed by atoms with Crippen LogP contribution in [0.25, 0.3) is 5.52 Å². The molecule has 41 heavy (non-hydrogen) atoms. The van der Waals surface area contributed by atoms with E-state index in [4.69, 9.17) is 0 Å². The molecule has 0 spiro atoms. The zero-order valence-corrected chi connectivity index (χ0v) is 24.4. The first-order valence-electron chi connectivity index (χ1n) is 15.3. The Morgan fingerprint density at radius 3 is 2.41 bits per heavy atom. The van der Waals surface area contributed by atoms with Crippen LogP contribution in [0.4, 0.5) is 17.6 Å². The lowest BCUT2D eigenvalue weighted by Crippen LogP contribution is -2.51. The maximum Gasteiger partial charge on any atom is 0.418 e. The summed E-state index contributed by atoms with van der Waals surface area (Å²) in [6, 6.07) is 0.717. The summed E-state index contributed by atoms with van der Waals surface area (Å²) in [6.07, 6.45) is 3.77. The van der Waals surface area contributed by atoms with Gasteiger partial charge in [-0.1, -0.05) is 33.1 Å². The molecule has 4 heterocycles. The van der Waals surface area contributed by atoms with E-state index in [0.717, 1.165) is 43.2 Å². The van der Waals surface area contributed by atoms with Gasteiger partial charge in [-0.05, 0) is 87.0 Å². The van der Waals surface area contributed by atoms with E-state index in [0.29, 0.717) is 37.5 Å². The van der Waals surface area contributed by atoms with Crippen LogP contribution >= 0.6 is 0 Å². The molecular weight excluding hydrogens is 536 g/mol. The zero-order valence-electron chi connectivity index (χ0n) is 24.4. The Kier molecular flexibility index (Phi) is 7.78. The highest BCUT2D eigenvalue weighted by atomic mass is 19.4. The number of rotatable bonds is 6. The molecule has 4 aliphatic rings. The van der Waals surface area contributed by atoms with Gasteiger partial charge in [0.1, 0.15) is 6.17 Å². The van der Waals surface area contributed by atoms with Gasteiger partial charge in [-0.25, -0.2) is 20.0 Å². The molecule has 0 aromatic carbocycles. The molecule has 6 rings (SSSR count). The van der Waals surface area contributed by atoms with Crippen molar-refractivity contribution < 1.29 is 17.6 Å². The highest BCUT2D eigenvalue weighted by Gasteiger charge is 2.45. The zero-order chi connectivity index (χ0) is 29.1. The van der Waals surface area contributed by atoms with Crippen molar-refractivity contribution in [2.45, 2.75) is 96.3 Å². The Balaban J connectivity index is 1.31. The number of aromatic nitrogens is 2. The summed E-state index contributed by atoms with van der Waals surface area (Å²) in [5, 5.41) is 0. The number of pyridine rings is 1. The Morgan fingerprint density at radius 1 is 1.07 bits per heavy atom. The molecule has 2 aromatic rings. The molecule has 7 nitrogen and oxygen atoms in total. The summed E-state index contributed by atoms with van der Waals surface area (Å²) in [5.41, 5.74) is 5.81. The number of likely N-dealkylation sites (tertiary alicyclic amines) is 1. The topological polar surface area (TPSA) is 56.9 Å². The summed E-state index contributed by atoms with van der Waals surface area (Å²) in [6.45, 7) is 7.12. The summed E-state index contributed by atoms with van der Waals surface area (Å²) in [4.78, 5) is 18.1. The fourth-order valence-corrected chi connectivity index (χ4v) is 7.81. The van der Waals surface area contributed by atoms with Crippen LogP contribution in [0.3, 0.4) is 0 Å². The minimum Gasteiger partial charge on any atom is -0.299 e. The van der Waals surface area contributed by atoms with E-state index in [9.17, 15) is 18.0 Å². The van der Waals surface area contributed by atoms with Gasteiger partial charge in [-0.3, -0.25) is 18.8 Å². The van der Waals surface area contributed by atoms with E-state index in [1.54, 1.807) is 6.20 Å². The van der Waals surface area contributed by atoms with Crippen LogP contribution in [-0.4, -0.2) is 57.9 Å². The smallest absolute Gasteiger partial charge is 0.299 e. The molecule has 2 aliphatic heterocycles. The normalized spacial score (nSPS) is 31.0. The highest BCUT2D eigenvalue weighted by Crippen LogP contribution is 2.47. The summed E-state index contributed by atoms with van der Waals surface area (Å²) < 4.78 is 60.9. The lowest BCUT2D eigenvalue weighted by atomic mass is 9.64. The Bertz CT molecular complexity index is 1290. The van der Waals surface area contributed by atoms with Crippen LogP contribution in [0.2, 0.25) is 0 Å². The monoisotopic (exact) mass is 580 g/mol. The Hall–Kier alpha value is -1.95. The predicted molar refractivity (Wildman–Crippen MR) is 150 cm³/mol. The van der Waals surface area contributed by atoms with Crippen LogP contribution in [0, 0.1) is 23.2 Å². The third-order valence-corrected chi connectivity index (χ3v) is 10.5. The quantitative estimate of drug-likeness (QED) is 0.463. The van der Waals surface area contributed by atoms with Crippen molar-refractivity contribution in [1.82, 2.24) is 29.6 Å². The van der Waals surface area contributed by atoms with Gasteiger partial charge in [-0.15, -0.1) is 0 Å². The molecule has 5 atom stereocenters. The van der Waals surface area contributed by atoms with Crippen molar-refractivity contribution in [2.75, 3.05) is 26.8 Å². The first kappa shape index (κ1) is 29.1. The lowest BCUT2D eigenvalue weighted by molar-refractivity contribution is -0.136. The van der Waals surface area contributed by atoms with Gasteiger partial charge in [0.05, 0.1) is 23.9 Å². The molecule has 2 N–H and O–H groups in total. The number of hydrogen-bond donors (Lipinski definition) is 2. The van der Waals surface area contributed by atoms with E-state index in [2.05, 4.69) is 34.5 Å². The minimum absolute atomic E-state index is 0.0322. The Labute approximate surface area is 239 Å². The van der Waals surface area contributed by atoms with Crippen LogP contribution in [0.5, 0.6) is 0 Å². The number of fused-ring (bicyclic) bond motifs is 1. The molecule has 2 saturated heterocycles. The van der Waals surface area contributed by atoms with Crippen molar-refractivity contribution >= 4 is 5.52 Å². The average molecular weight is 581 g/mol. The molecule has 0 bridgehead atoms. The molecule has 11 heteroatoms. The summed E-state index contributed by atoms with van der Waals surface area (Å²) in [5.74, 6) is 0.726. The van der Waals surface area contributed by atoms with Gasteiger partial charge in [0.15, 0.2) is 0 Å². The highest BCUT2D eigenvalue weighted by molar-refractivity contribution is 5.56. The standard InChI is InChI=1S/C30H44F4N6O/c1-29(2)7-9-38(10-8-29)15-19-11-24(30(32,33)34)25-17-39(28(41)40(25)16-19)23-13-21(12-22(31)14-23)26(20-5-4-6-20)27-36-35-18-37(27)3/h11,16-17,20-23,26-27,35-36H,4-10,12-15,18H2,1-3H3/t21?,22?,23?,26-,27?/m1/s1. The second-order valence-corrected chi connectivity index (χ2v) is 13.9. The average Bonchev–Trinajstić information content (AvgIpc) is 3.44. The van der Waals surface area contributed by atoms with Crippen LogP contribution in [0.15, 0.2) is 23.3 Å². The number of hydrogen-bond acceptors (Lipinski definition) is 5. The number of halogens is 4. The first-order chi connectivity index (χ1) is 19.4. The van der Waals surface area contributed by atoms with Crippen molar-refractivity contribution in [3.63, 3.8) is 0 Å². The third kappa shape index (κ3) is 5.84. The predicted octanol–water partition coefficient (Wildman–Crippen LogP) is 5.16.